The molecular weight excluding hydrogens is 497 g/mol. The molecule has 0 saturated heterocycles. The molecule has 0 radical (unpaired) electrons. The number of pyridine rings is 2. The van der Waals surface area contributed by atoms with E-state index < -0.39 is 23.1 Å². The maximum absolute atomic E-state index is 12.9. The summed E-state index contributed by atoms with van der Waals surface area (Å²) in [7, 11) is 0. The number of nitrogens with one attached hydrogen (secondary N) is 1. The number of aryl methyl sites for hydroxylation is 1. The minimum atomic E-state index is -4.49. The molecule has 0 spiro atoms. The molecule has 0 fully saturated rings. The lowest BCUT2D eigenvalue weighted by Gasteiger charge is -2.32. The van der Waals surface area contributed by atoms with Crippen LogP contribution in [0.5, 0.6) is 0 Å². The first-order valence-corrected chi connectivity index (χ1v) is 12.1. The van der Waals surface area contributed by atoms with E-state index in [0.717, 1.165) is 29.1 Å². The SMILES string of the molecule is Cc1cc(NC(=O)c2cnn(-c3ccc(C(F)(F)F)cn3)c2C)cnc1C1=CCN(C(=O)C(C)(C)C)CC1. The van der Waals surface area contributed by atoms with Crippen molar-refractivity contribution in [2.45, 2.75) is 47.2 Å². The summed E-state index contributed by atoms with van der Waals surface area (Å²) in [6.07, 6.45) is 1.87. The van der Waals surface area contributed by atoms with Gasteiger partial charge in [-0.25, -0.2) is 9.67 Å². The molecule has 0 aliphatic carbocycles. The summed E-state index contributed by atoms with van der Waals surface area (Å²) in [5.41, 5.74) is 2.65. The third-order valence-corrected chi connectivity index (χ3v) is 6.32. The average Bonchev–Trinajstić information content (AvgIpc) is 3.24. The number of carbonyl (C=O) groups excluding carboxylic acids is 2. The second-order valence-electron chi connectivity index (χ2n) is 10.3. The van der Waals surface area contributed by atoms with E-state index in [1.54, 1.807) is 13.1 Å². The largest absolute Gasteiger partial charge is 0.417 e. The molecule has 3 aromatic rings. The first kappa shape index (κ1) is 27.0. The van der Waals surface area contributed by atoms with Gasteiger partial charge in [0.15, 0.2) is 5.82 Å². The van der Waals surface area contributed by atoms with Gasteiger partial charge in [0.25, 0.3) is 5.91 Å². The molecule has 2 amide bonds. The van der Waals surface area contributed by atoms with Gasteiger partial charge in [-0.1, -0.05) is 26.8 Å². The molecule has 1 N–H and O–H groups in total. The number of hydrogen-bond donors (Lipinski definition) is 1. The molecule has 0 atom stereocenters. The third-order valence-electron chi connectivity index (χ3n) is 6.32. The van der Waals surface area contributed by atoms with Gasteiger partial charge in [-0.05, 0) is 49.6 Å². The Labute approximate surface area is 218 Å². The molecule has 8 nitrogen and oxygen atoms in total. The first-order chi connectivity index (χ1) is 17.8. The van der Waals surface area contributed by atoms with Gasteiger partial charge >= 0.3 is 6.18 Å². The highest BCUT2D eigenvalue weighted by Crippen LogP contribution is 2.29. The normalized spacial score (nSPS) is 14.3. The van der Waals surface area contributed by atoms with E-state index in [0.29, 0.717) is 30.9 Å². The van der Waals surface area contributed by atoms with E-state index in [2.05, 4.69) is 20.4 Å². The second-order valence-corrected chi connectivity index (χ2v) is 10.3. The summed E-state index contributed by atoms with van der Waals surface area (Å²) < 4.78 is 39.8. The Morgan fingerprint density at radius 2 is 1.76 bits per heavy atom. The predicted molar refractivity (Wildman–Crippen MR) is 137 cm³/mol. The molecule has 0 bridgehead atoms. The maximum atomic E-state index is 12.9. The summed E-state index contributed by atoms with van der Waals surface area (Å²) in [4.78, 5) is 35.7. The number of hydrogen-bond acceptors (Lipinski definition) is 5. The van der Waals surface area contributed by atoms with Gasteiger partial charge in [0.05, 0.1) is 40.6 Å². The van der Waals surface area contributed by atoms with Crippen LogP contribution >= 0.6 is 0 Å². The van der Waals surface area contributed by atoms with Crippen LogP contribution in [0.15, 0.2) is 42.9 Å². The number of carbonyl (C=O) groups is 2. The van der Waals surface area contributed by atoms with Crippen LogP contribution in [0.2, 0.25) is 0 Å². The van der Waals surface area contributed by atoms with Crippen molar-refractivity contribution in [1.29, 1.82) is 0 Å². The zero-order valence-corrected chi connectivity index (χ0v) is 21.8. The van der Waals surface area contributed by atoms with Crippen LogP contribution in [0.3, 0.4) is 0 Å². The third kappa shape index (κ3) is 5.61. The number of halogens is 3. The van der Waals surface area contributed by atoms with Crippen LogP contribution in [0.4, 0.5) is 18.9 Å². The average molecular weight is 527 g/mol. The summed E-state index contributed by atoms with van der Waals surface area (Å²) >= 11 is 0. The van der Waals surface area contributed by atoms with Crippen LogP contribution in [0.1, 0.15) is 60.1 Å². The fraction of sp³-hybridized carbons (Fsp3) is 0.370. The Balaban J connectivity index is 1.46. The van der Waals surface area contributed by atoms with Gasteiger partial charge in [-0.3, -0.25) is 14.6 Å². The van der Waals surface area contributed by atoms with Gasteiger partial charge < -0.3 is 10.2 Å². The van der Waals surface area contributed by atoms with Gasteiger partial charge in [-0.15, -0.1) is 0 Å². The molecule has 11 heteroatoms. The zero-order chi connectivity index (χ0) is 27.8. The zero-order valence-electron chi connectivity index (χ0n) is 21.8. The van der Waals surface area contributed by atoms with Gasteiger partial charge in [0.2, 0.25) is 5.91 Å². The number of amides is 2. The number of nitrogens with zero attached hydrogens (tertiary/aromatic N) is 5. The smallest absolute Gasteiger partial charge is 0.338 e. The molecule has 200 valence electrons. The molecule has 4 heterocycles. The molecule has 0 aromatic carbocycles. The molecule has 3 aromatic heterocycles. The van der Waals surface area contributed by atoms with Crippen LogP contribution in [-0.2, 0) is 11.0 Å². The van der Waals surface area contributed by atoms with Crippen molar-refractivity contribution in [3.05, 3.63) is 70.9 Å². The highest BCUT2D eigenvalue weighted by atomic mass is 19.4. The molecule has 0 saturated carbocycles. The van der Waals surface area contributed by atoms with Crippen molar-refractivity contribution in [2.75, 3.05) is 18.4 Å². The van der Waals surface area contributed by atoms with Crippen molar-refractivity contribution in [3.8, 4) is 5.82 Å². The van der Waals surface area contributed by atoms with Crippen molar-refractivity contribution in [3.63, 3.8) is 0 Å². The van der Waals surface area contributed by atoms with E-state index in [-0.39, 0.29) is 17.3 Å². The monoisotopic (exact) mass is 526 g/mol. The van der Waals surface area contributed by atoms with Crippen molar-refractivity contribution < 1.29 is 22.8 Å². The Morgan fingerprint density at radius 1 is 1.03 bits per heavy atom. The highest BCUT2D eigenvalue weighted by Gasteiger charge is 2.31. The molecule has 1 aliphatic heterocycles. The fourth-order valence-electron chi connectivity index (χ4n) is 4.26. The van der Waals surface area contributed by atoms with E-state index in [4.69, 9.17) is 0 Å². The number of alkyl halides is 3. The summed E-state index contributed by atoms with van der Waals surface area (Å²) in [6, 6.07) is 3.95. The van der Waals surface area contributed by atoms with E-state index in [9.17, 15) is 22.8 Å². The summed E-state index contributed by atoms with van der Waals surface area (Å²) in [6.45, 7) is 10.4. The maximum Gasteiger partial charge on any atom is 0.417 e. The lowest BCUT2D eigenvalue weighted by Crippen LogP contribution is -2.41. The van der Waals surface area contributed by atoms with E-state index >= 15 is 0 Å². The Bertz CT molecular complexity index is 1400. The lowest BCUT2D eigenvalue weighted by molar-refractivity contribution is -0.139. The van der Waals surface area contributed by atoms with E-state index in [1.165, 1.54) is 16.9 Å². The topological polar surface area (TPSA) is 93.0 Å². The highest BCUT2D eigenvalue weighted by molar-refractivity contribution is 6.05. The minimum absolute atomic E-state index is 0.114. The first-order valence-electron chi connectivity index (χ1n) is 12.1. The van der Waals surface area contributed by atoms with Crippen LogP contribution in [-0.4, -0.2) is 49.6 Å². The van der Waals surface area contributed by atoms with Gasteiger partial charge in [-0.2, -0.15) is 18.3 Å². The molecular formula is C27H29F3N6O2. The Morgan fingerprint density at radius 3 is 2.32 bits per heavy atom. The standard InChI is InChI=1S/C27H29F3N6O2/c1-16-12-20(14-32-23(16)18-8-10-35(11-9-18)25(38)26(3,4)5)34-24(37)21-15-33-36(17(21)2)22-7-6-19(13-31-22)27(28,29)30/h6-8,12-15H,9-11H2,1-5H3,(H,34,37). The molecule has 0 unspecified atom stereocenters. The van der Waals surface area contributed by atoms with Gasteiger partial charge in [0, 0.05) is 24.7 Å². The van der Waals surface area contributed by atoms with Gasteiger partial charge in [0.1, 0.15) is 0 Å². The second kappa shape index (κ2) is 10.0. The van der Waals surface area contributed by atoms with E-state index in [1.807, 2.05) is 44.7 Å². The predicted octanol–water partition coefficient (Wildman–Crippen LogP) is 5.21. The van der Waals surface area contributed by atoms with Crippen LogP contribution in [0, 0.1) is 19.3 Å². The van der Waals surface area contributed by atoms with Crippen LogP contribution in [0.25, 0.3) is 11.4 Å². The number of anilines is 1. The van der Waals surface area contributed by atoms with Crippen molar-refractivity contribution in [1.82, 2.24) is 24.6 Å². The molecule has 4 rings (SSSR count). The number of aromatic nitrogens is 4. The fourth-order valence-corrected chi connectivity index (χ4v) is 4.26. The van der Waals surface area contributed by atoms with Crippen LogP contribution < -0.4 is 5.32 Å². The Kier molecular flexibility index (Phi) is 7.14. The summed E-state index contributed by atoms with van der Waals surface area (Å²) in [5, 5.41) is 6.93. The Hall–Kier alpha value is -4.02. The minimum Gasteiger partial charge on any atom is -0.338 e. The lowest BCUT2D eigenvalue weighted by atomic mass is 9.93. The van der Waals surface area contributed by atoms with Crippen molar-refractivity contribution >= 4 is 23.1 Å². The number of rotatable bonds is 4. The van der Waals surface area contributed by atoms with Crippen molar-refractivity contribution in [2.24, 2.45) is 5.41 Å². The summed E-state index contributed by atoms with van der Waals surface area (Å²) in [5.74, 6) is -0.147. The molecule has 1 aliphatic rings. The molecule has 38 heavy (non-hydrogen) atoms. The quantitative estimate of drug-likeness (QED) is 0.504.